The molecule has 2 heterocycles. The number of anilines is 1. The number of amides is 2. The van der Waals surface area contributed by atoms with Gasteiger partial charge in [0.05, 0.1) is 22.9 Å². The molecule has 0 spiro atoms. The fraction of sp³-hybridized carbons (Fsp3) is 0.536. The number of unbranched alkanes of at least 4 members (excludes halogenated alkanes) is 9. The highest BCUT2D eigenvalue weighted by atomic mass is 35.5. The van der Waals surface area contributed by atoms with Crippen LogP contribution in [-0.4, -0.2) is 34.5 Å². The van der Waals surface area contributed by atoms with Gasteiger partial charge >= 0.3 is 12.1 Å². The summed E-state index contributed by atoms with van der Waals surface area (Å²) in [5, 5.41) is 0.134. The normalized spacial score (nSPS) is 15.2. The molecule has 0 N–H and O–H groups in total. The molecule has 3 rings (SSSR count). The number of carbonyl (C=O) groups is 3. The van der Waals surface area contributed by atoms with Crippen LogP contribution in [0.1, 0.15) is 105 Å². The molecule has 37 heavy (non-hydrogen) atoms. The average molecular weight is 530 g/mol. The van der Waals surface area contributed by atoms with Crippen LogP contribution in [0.15, 0.2) is 24.5 Å². The third-order valence-corrected chi connectivity index (χ3v) is 6.86. The molecule has 1 atom stereocenters. The molecule has 2 amide bonds. The van der Waals surface area contributed by atoms with Crippen LogP contribution >= 0.6 is 11.6 Å². The Labute approximate surface area is 223 Å². The Morgan fingerprint density at radius 1 is 0.973 bits per heavy atom. The van der Waals surface area contributed by atoms with Gasteiger partial charge in [0, 0.05) is 17.0 Å². The minimum absolute atomic E-state index is 0.0692. The molecule has 1 unspecified atom stereocenters. The third kappa shape index (κ3) is 7.51. The number of hydrogen-bond acceptors (Lipinski definition) is 7. The summed E-state index contributed by atoms with van der Waals surface area (Å²) in [6.45, 7) is 5.96. The molecule has 1 aliphatic heterocycles. The first-order valence-electron chi connectivity index (χ1n) is 13.1. The Kier molecular flexibility index (Phi) is 10.9. The van der Waals surface area contributed by atoms with Crippen molar-refractivity contribution in [2.24, 2.45) is 0 Å². The van der Waals surface area contributed by atoms with Gasteiger partial charge in [0.15, 0.2) is 0 Å². The number of aromatic nitrogens is 2. The Balaban J connectivity index is 1.53. The first-order valence-corrected chi connectivity index (χ1v) is 13.5. The van der Waals surface area contributed by atoms with Crippen LogP contribution < -0.4 is 4.90 Å². The Bertz CT molecular complexity index is 1090. The monoisotopic (exact) mass is 529 g/mol. The van der Waals surface area contributed by atoms with E-state index in [2.05, 4.69) is 16.9 Å². The second-order valence-electron chi connectivity index (χ2n) is 9.38. The van der Waals surface area contributed by atoms with Crippen molar-refractivity contribution in [3.63, 3.8) is 0 Å². The fourth-order valence-electron chi connectivity index (χ4n) is 4.44. The second-order valence-corrected chi connectivity index (χ2v) is 9.79. The van der Waals surface area contributed by atoms with E-state index < -0.39 is 24.1 Å². The average Bonchev–Trinajstić information content (AvgIpc) is 3.15. The van der Waals surface area contributed by atoms with Gasteiger partial charge in [0.25, 0.3) is 5.91 Å². The summed E-state index contributed by atoms with van der Waals surface area (Å²) >= 11 is 6.31. The van der Waals surface area contributed by atoms with E-state index in [-0.39, 0.29) is 16.3 Å². The number of cyclic esters (lactones) is 1. The highest BCUT2D eigenvalue weighted by molar-refractivity contribution is 6.35. The first kappa shape index (κ1) is 28.6. The smallest absolute Gasteiger partial charge is 0.422 e. The van der Waals surface area contributed by atoms with E-state index in [1.807, 2.05) is 0 Å². The summed E-state index contributed by atoms with van der Waals surface area (Å²) in [4.78, 5) is 47.5. The summed E-state index contributed by atoms with van der Waals surface area (Å²) in [6, 6.07) is 4.35. The zero-order valence-electron chi connectivity index (χ0n) is 21.9. The quantitative estimate of drug-likeness (QED) is 0.191. The number of rotatable bonds is 14. The largest absolute Gasteiger partial charge is 0.462 e. The molecule has 1 saturated heterocycles. The number of nitrogens with zero attached hydrogens (tertiary/aromatic N) is 3. The Hall–Kier alpha value is -3.00. The van der Waals surface area contributed by atoms with E-state index in [4.69, 9.17) is 21.1 Å². The van der Waals surface area contributed by atoms with Gasteiger partial charge in [-0.25, -0.2) is 24.5 Å². The van der Waals surface area contributed by atoms with Crippen LogP contribution in [0.4, 0.5) is 10.5 Å². The van der Waals surface area contributed by atoms with Gasteiger partial charge in [-0.15, -0.1) is 0 Å². The van der Waals surface area contributed by atoms with Crippen LogP contribution in [0.5, 0.6) is 0 Å². The van der Waals surface area contributed by atoms with Gasteiger partial charge in [-0.3, -0.25) is 4.79 Å². The van der Waals surface area contributed by atoms with Crippen LogP contribution in [0, 0.1) is 13.8 Å². The van der Waals surface area contributed by atoms with Crippen molar-refractivity contribution in [2.45, 2.75) is 91.1 Å². The van der Waals surface area contributed by atoms with E-state index in [0.29, 0.717) is 23.6 Å². The molecule has 0 bridgehead atoms. The van der Waals surface area contributed by atoms with Crippen molar-refractivity contribution in [2.75, 3.05) is 11.5 Å². The van der Waals surface area contributed by atoms with Gasteiger partial charge in [-0.1, -0.05) is 76.3 Å². The predicted molar refractivity (Wildman–Crippen MR) is 142 cm³/mol. The molecule has 1 aromatic heterocycles. The molecule has 9 heteroatoms. The first-order chi connectivity index (χ1) is 17.8. The number of ether oxygens (including phenoxy) is 2. The van der Waals surface area contributed by atoms with Crippen molar-refractivity contribution >= 4 is 35.3 Å². The van der Waals surface area contributed by atoms with E-state index in [0.717, 1.165) is 24.2 Å². The van der Waals surface area contributed by atoms with E-state index in [1.165, 1.54) is 69.5 Å². The minimum Gasteiger partial charge on any atom is -0.462 e. The highest BCUT2D eigenvalue weighted by Crippen LogP contribution is 2.37. The summed E-state index contributed by atoms with van der Waals surface area (Å²) in [6.07, 6.45) is 11.2. The molecular formula is C28H36ClN3O5. The Morgan fingerprint density at radius 2 is 1.57 bits per heavy atom. The van der Waals surface area contributed by atoms with Crippen molar-refractivity contribution in [1.29, 1.82) is 0 Å². The molecule has 1 aromatic carbocycles. The molecule has 0 saturated carbocycles. The van der Waals surface area contributed by atoms with Crippen LogP contribution in [0.25, 0.3) is 0 Å². The molecular weight excluding hydrogens is 494 g/mol. The lowest BCUT2D eigenvalue weighted by Crippen LogP contribution is -2.30. The maximum absolute atomic E-state index is 13.2. The molecule has 1 aliphatic rings. The molecule has 8 nitrogen and oxygen atoms in total. The third-order valence-electron chi connectivity index (χ3n) is 6.54. The lowest BCUT2D eigenvalue weighted by molar-refractivity contribution is -0.122. The molecule has 0 radical (unpaired) electrons. The van der Waals surface area contributed by atoms with Gasteiger partial charge in [0.1, 0.15) is 6.33 Å². The van der Waals surface area contributed by atoms with E-state index in [1.54, 1.807) is 13.8 Å². The zero-order valence-corrected chi connectivity index (χ0v) is 22.7. The lowest BCUT2D eigenvalue weighted by Gasteiger charge is -2.15. The van der Waals surface area contributed by atoms with E-state index >= 15 is 0 Å². The Morgan fingerprint density at radius 3 is 2.19 bits per heavy atom. The topological polar surface area (TPSA) is 98.7 Å². The maximum Gasteiger partial charge on any atom is 0.422 e. The zero-order chi connectivity index (χ0) is 26.8. The second kappa shape index (κ2) is 14.1. The highest BCUT2D eigenvalue weighted by Gasteiger charge is 2.45. The predicted octanol–water partition coefficient (Wildman–Crippen LogP) is 7.05. The number of benzene rings is 1. The summed E-state index contributed by atoms with van der Waals surface area (Å²) in [7, 11) is 0. The summed E-state index contributed by atoms with van der Waals surface area (Å²) < 4.78 is 10.8. The number of imide groups is 1. The van der Waals surface area contributed by atoms with Gasteiger partial charge < -0.3 is 9.47 Å². The fourth-order valence-corrected chi connectivity index (χ4v) is 4.64. The standard InChI is InChI=1S/C28H36ClN3O5/c1-4-5-6-7-8-9-10-11-12-13-16-36-27(34)21-14-15-22(29)23(17-21)32-26(33)25(37-28(32)35)24-19(2)30-18-31-20(24)3/h14-15,17-18,25H,4-13,16H2,1-3H3. The van der Waals surface area contributed by atoms with Crippen LogP contribution in [-0.2, 0) is 14.3 Å². The number of aryl methyl sites for hydroxylation is 2. The van der Waals surface area contributed by atoms with Crippen molar-refractivity contribution in [3.8, 4) is 0 Å². The molecule has 0 aliphatic carbocycles. The van der Waals surface area contributed by atoms with Crippen LogP contribution in [0.3, 0.4) is 0 Å². The van der Waals surface area contributed by atoms with Crippen molar-refractivity contribution in [3.05, 3.63) is 52.1 Å². The number of hydrogen-bond donors (Lipinski definition) is 0. The van der Waals surface area contributed by atoms with Crippen molar-refractivity contribution in [1.82, 2.24) is 9.97 Å². The number of carbonyl (C=O) groups excluding carboxylic acids is 3. The SMILES string of the molecule is CCCCCCCCCCCCOC(=O)c1ccc(Cl)c(N2C(=O)OC(c3c(C)ncnc3C)C2=O)c1. The van der Waals surface area contributed by atoms with Crippen LogP contribution in [0.2, 0.25) is 5.02 Å². The summed E-state index contributed by atoms with van der Waals surface area (Å²) in [5.41, 5.74) is 1.78. The summed E-state index contributed by atoms with van der Waals surface area (Å²) in [5.74, 6) is -1.16. The van der Waals surface area contributed by atoms with Gasteiger partial charge in [-0.05, 0) is 38.5 Å². The molecule has 200 valence electrons. The van der Waals surface area contributed by atoms with Gasteiger partial charge in [0.2, 0.25) is 6.10 Å². The molecule has 1 fully saturated rings. The number of esters is 1. The van der Waals surface area contributed by atoms with E-state index in [9.17, 15) is 14.4 Å². The lowest BCUT2D eigenvalue weighted by atomic mass is 10.1. The van der Waals surface area contributed by atoms with Crippen molar-refractivity contribution < 1.29 is 23.9 Å². The van der Waals surface area contributed by atoms with Gasteiger partial charge in [-0.2, -0.15) is 0 Å². The number of halogens is 1. The minimum atomic E-state index is -1.18. The molecule has 2 aromatic rings. The maximum atomic E-state index is 13.2.